The summed E-state index contributed by atoms with van der Waals surface area (Å²) in [6, 6.07) is 9.09. The van der Waals surface area contributed by atoms with E-state index in [9.17, 15) is 13.2 Å². The number of piperidine rings is 1. The number of amides is 1. The number of hydrogen-bond donors (Lipinski definition) is 1. The van der Waals surface area contributed by atoms with Gasteiger partial charge in [-0.05, 0) is 61.6 Å². The van der Waals surface area contributed by atoms with Crippen molar-refractivity contribution in [2.75, 3.05) is 26.0 Å². The molecule has 0 spiro atoms. The van der Waals surface area contributed by atoms with E-state index in [1.165, 1.54) is 4.31 Å². The predicted molar refractivity (Wildman–Crippen MR) is 126 cm³/mol. The topological polar surface area (TPSA) is 97.8 Å². The summed E-state index contributed by atoms with van der Waals surface area (Å²) in [5.74, 6) is 0.832. The van der Waals surface area contributed by atoms with Crippen LogP contribution in [0, 0.1) is 5.92 Å². The normalized spacial score (nSPS) is 17.8. The molecule has 1 amide bonds. The maximum atomic E-state index is 12.9. The highest BCUT2D eigenvalue weighted by Crippen LogP contribution is 2.31. The van der Waals surface area contributed by atoms with Crippen LogP contribution in [-0.2, 0) is 21.4 Å². The Morgan fingerprint density at radius 1 is 1.24 bits per heavy atom. The van der Waals surface area contributed by atoms with Crippen LogP contribution in [0.3, 0.4) is 0 Å². The lowest BCUT2D eigenvalue weighted by Crippen LogP contribution is -2.46. The van der Waals surface area contributed by atoms with Gasteiger partial charge in [-0.2, -0.15) is 0 Å². The molecule has 0 aliphatic carbocycles. The highest BCUT2D eigenvalue weighted by atomic mass is 32.2. The van der Waals surface area contributed by atoms with Crippen molar-refractivity contribution in [2.45, 2.75) is 45.8 Å². The average Bonchev–Trinajstić information content (AvgIpc) is 2.83. The molecule has 1 N–H and O–H groups in total. The monoisotopic (exact) mass is 475 g/mol. The van der Waals surface area contributed by atoms with Crippen molar-refractivity contribution in [3.05, 3.63) is 53.9 Å². The molecule has 3 rings (SSSR count). The molecule has 1 saturated heterocycles. The number of hydrogen-bond acceptors (Lipinski definition) is 6. The van der Waals surface area contributed by atoms with Gasteiger partial charge in [-0.25, -0.2) is 12.7 Å². The molecule has 1 aromatic heterocycles. The highest BCUT2D eigenvalue weighted by molar-refractivity contribution is 7.89. The molecule has 9 heteroatoms. The van der Waals surface area contributed by atoms with Gasteiger partial charge in [-0.1, -0.05) is 13.0 Å². The van der Waals surface area contributed by atoms with Crippen molar-refractivity contribution in [3.63, 3.8) is 0 Å². The van der Waals surface area contributed by atoms with E-state index in [1.807, 2.05) is 44.2 Å². The Labute approximate surface area is 196 Å². The third kappa shape index (κ3) is 6.68. The number of nitrogens with zero attached hydrogens (tertiary/aromatic N) is 2. The van der Waals surface area contributed by atoms with Gasteiger partial charge in [0.15, 0.2) is 11.5 Å². The first-order valence-electron chi connectivity index (χ1n) is 11.3. The Balaban J connectivity index is 1.62. The zero-order valence-corrected chi connectivity index (χ0v) is 20.3. The molecule has 0 radical (unpaired) electrons. The Morgan fingerprint density at radius 2 is 2.00 bits per heavy atom. The van der Waals surface area contributed by atoms with Gasteiger partial charge in [0.25, 0.3) is 0 Å². The third-order valence-electron chi connectivity index (χ3n) is 5.80. The van der Waals surface area contributed by atoms with Crippen LogP contribution in [0.5, 0.6) is 11.5 Å². The number of sulfonamides is 1. The molecule has 2 heterocycles. The number of carbonyl (C=O) groups excluding carboxylic acids is 1. The maximum Gasteiger partial charge on any atom is 0.224 e. The van der Waals surface area contributed by atoms with E-state index >= 15 is 0 Å². The molecule has 1 aliphatic rings. The third-order valence-corrected chi connectivity index (χ3v) is 7.84. The van der Waals surface area contributed by atoms with Crippen LogP contribution in [0.2, 0.25) is 0 Å². The number of carbonyl (C=O) groups is 1. The molecule has 33 heavy (non-hydrogen) atoms. The summed E-state index contributed by atoms with van der Waals surface area (Å²) in [5.41, 5.74) is 1.88. The number of aromatic nitrogens is 1. The standard InChI is InChI=1S/C24H33N3O5S/c1-4-14-33(29,30)27-13-5-6-21(16-27)24(28)26-18(2)20-7-8-22(23(15-20)31-3)32-17-19-9-11-25-12-10-19/h7-12,15,18,21H,4-6,13-14,16-17H2,1-3H3,(H,26,28). The van der Waals surface area contributed by atoms with Crippen molar-refractivity contribution >= 4 is 15.9 Å². The summed E-state index contributed by atoms with van der Waals surface area (Å²) < 4.78 is 37.7. The molecular weight excluding hydrogens is 442 g/mol. The molecule has 1 fully saturated rings. The van der Waals surface area contributed by atoms with E-state index in [1.54, 1.807) is 19.5 Å². The van der Waals surface area contributed by atoms with Crippen LogP contribution in [0.25, 0.3) is 0 Å². The number of nitrogens with one attached hydrogen (secondary N) is 1. The van der Waals surface area contributed by atoms with Gasteiger partial charge in [0.2, 0.25) is 15.9 Å². The summed E-state index contributed by atoms with van der Waals surface area (Å²) in [6.45, 7) is 4.87. The van der Waals surface area contributed by atoms with Gasteiger partial charge >= 0.3 is 0 Å². The first-order valence-corrected chi connectivity index (χ1v) is 12.9. The number of ether oxygens (including phenoxy) is 2. The van der Waals surface area contributed by atoms with Crippen LogP contribution in [0.15, 0.2) is 42.7 Å². The Hall–Kier alpha value is -2.65. The molecule has 0 saturated carbocycles. The van der Waals surface area contributed by atoms with Crippen molar-refractivity contribution in [1.82, 2.24) is 14.6 Å². The highest BCUT2D eigenvalue weighted by Gasteiger charge is 2.32. The van der Waals surface area contributed by atoms with Crippen LogP contribution >= 0.6 is 0 Å². The van der Waals surface area contributed by atoms with Crippen LogP contribution < -0.4 is 14.8 Å². The smallest absolute Gasteiger partial charge is 0.224 e. The van der Waals surface area contributed by atoms with Crippen molar-refractivity contribution in [3.8, 4) is 11.5 Å². The van der Waals surface area contributed by atoms with E-state index in [2.05, 4.69) is 10.3 Å². The second kappa shape index (κ2) is 11.5. The van der Waals surface area contributed by atoms with Crippen molar-refractivity contribution < 1.29 is 22.7 Å². The quantitative estimate of drug-likeness (QED) is 0.566. The molecule has 8 nitrogen and oxygen atoms in total. The summed E-state index contributed by atoms with van der Waals surface area (Å²) in [6.07, 6.45) is 5.37. The molecule has 1 aromatic carbocycles. The molecule has 2 aromatic rings. The molecule has 2 unspecified atom stereocenters. The average molecular weight is 476 g/mol. The van der Waals surface area contributed by atoms with Gasteiger partial charge in [0.05, 0.1) is 24.8 Å². The fourth-order valence-electron chi connectivity index (χ4n) is 3.92. The lowest BCUT2D eigenvalue weighted by atomic mass is 9.98. The second-order valence-electron chi connectivity index (χ2n) is 8.30. The number of pyridine rings is 1. The Bertz CT molecular complexity index is 1030. The van der Waals surface area contributed by atoms with Gasteiger partial charge < -0.3 is 14.8 Å². The summed E-state index contributed by atoms with van der Waals surface area (Å²) in [7, 11) is -1.72. The summed E-state index contributed by atoms with van der Waals surface area (Å²) >= 11 is 0. The SMILES string of the molecule is CCCS(=O)(=O)N1CCCC(C(=O)NC(C)c2ccc(OCc3ccncc3)c(OC)c2)C1. The van der Waals surface area contributed by atoms with Gasteiger partial charge in [-0.15, -0.1) is 0 Å². The number of benzene rings is 1. The minimum absolute atomic E-state index is 0.118. The lowest BCUT2D eigenvalue weighted by Gasteiger charge is -2.31. The maximum absolute atomic E-state index is 12.9. The fourth-order valence-corrected chi connectivity index (χ4v) is 5.51. The van der Waals surface area contributed by atoms with Crippen LogP contribution in [0.1, 0.15) is 50.3 Å². The molecule has 180 valence electrons. The largest absolute Gasteiger partial charge is 0.493 e. The van der Waals surface area contributed by atoms with Gasteiger partial charge in [0.1, 0.15) is 6.61 Å². The first-order chi connectivity index (χ1) is 15.8. The fraction of sp³-hybridized carbons (Fsp3) is 0.500. The first kappa shape index (κ1) is 25.0. The van der Waals surface area contributed by atoms with E-state index in [0.717, 1.165) is 11.1 Å². The molecular formula is C24H33N3O5S. The van der Waals surface area contributed by atoms with Gasteiger partial charge in [-0.3, -0.25) is 9.78 Å². The summed E-state index contributed by atoms with van der Waals surface area (Å²) in [4.78, 5) is 16.9. The minimum Gasteiger partial charge on any atom is -0.493 e. The zero-order valence-electron chi connectivity index (χ0n) is 19.5. The lowest BCUT2D eigenvalue weighted by molar-refractivity contribution is -0.126. The zero-order chi connectivity index (χ0) is 23.8. The van der Waals surface area contributed by atoms with E-state index in [4.69, 9.17) is 9.47 Å². The molecule has 2 atom stereocenters. The summed E-state index contributed by atoms with van der Waals surface area (Å²) in [5, 5.41) is 3.03. The predicted octanol–water partition coefficient (Wildman–Crippen LogP) is 3.30. The second-order valence-corrected chi connectivity index (χ2v) is 10.4. The Morgan fingerprint density at radius 3 is 2.70 bits per heavy atom. The van der Waals surface area contributed by atoms with Crippen LogP contribution in [-0.4, -0.2) is 49.6 Å². The Kier molecular flexibility index (Phi) is 8.68. The molecule has 1 aliphatic heterocycles. The van der Waals surface area contributed by atoms with E-state index < -0.39 is 10.0 Å². The number of rotatable bonds is 10. The minimum atomic E-state index is -3.30. The number of methoxy groups -OCH3 is 1. The van der Waals surface area contributed by atoms with Crippen molar-refractivity contribution in [2.24, 2.45) is 5.92 Å². The van der Waals surface area contributed by atoms with Crippen molar-refractivity contribution in [1.29, 1.82) is 0 Å². The molecule has 0 bridgehead atoms. The van der Waals surface area contributed by atoms with E-state index in [-0.39, 0.29) is 30.2 Å². The van der Waals surface area contributed by atoms with Crippen LogP contribution in [0.4, 0.5) is 0 Å². The van der Waals surface area contributed by atoms with Gasteiger partial charge in [0, 0.05) is 25.5 Å². The van der Waals surface area contributed by atoms with E-state index in [0.29, 0.717) is 43.9 Å².